The maximum Gasteiger partial charge on any atom is 0.254 e. The molecule has 9 heteroatoms. The van der Waals surface area contributed by atoms with Crippen LogP contribution in [0.15, 0.2) is 24.3 Å². The highest BCUT2D eigenvalue weighted by Gasteiger charge is 2.37. The van der Waals surface area contributed by atoms with E-state index in [1.807, 2.05) is 0 Å². The third-order valence-electron chi connectivity index (χ3n) is 4.89. The average Bonchev–Trinajstić information content (AvgIpc) is 2.68. The van der Waals surface area contributed by atoms with E-state index in [0.717, 1.165) is 5.56 Å². The van der Waals surface area contributed by atoms with Crippen LogP contribution in [-0.4, -0.2) is 25.7 Å². The van der Waals surface area contributed by atoms with E-state index in [9.17, 15) is 22.4 Å². The van der Waals surface area contributed by atoms with Gasteiger partial charge in [-0.25, -0.2) is 17.6 Å². The van der Waals surface area contributed by atoms with Gasteiger partial charge in [0.2, 0.25) is 0 Å². The summed E-state index contributed by atoms with van der Waals surface area (Å²) in [4.78, 5) is 12.3. The molecule has 0 aromatic heterocycles. The van der Waals surface area contributed by atoms with E-state index >= 15 is 0 Å². The van der Waals surface area contributed by atoms with E-state index in [-0.39, 0.29) is 6.54 Å². The summed E-state index contributed by atoms with van der Waals surface area (Å²) in [5, 5.41) is 3.32. The zero-order valence-electron chi connectivity index (χ0n) is 14.4. The number of benzene rings is 2. The second-order valence-electron chi connectivity index (χ2n) is 6.55. The lowest BCUT2D eigenvalue weighted by Gasteiger charge is -2.38. The number of carbonyl (C=O) groups is 1. The van der Waals surface area contributed by atoms with E-state index in [2.05, 4.69) is 5.32 Å². The molecular formula is C19H15Cl2F4NO2. The quantitative estimate of drug-likeness (QED) is 0.415. The summed E-state index contributed by atoms with van der Waals surface area (Å²) in [5.74, 6) is -8.46. The van der Waals surface area contributed by atoms with Crippen LogP contribution >= 0.6 is 23.2 Å². The minimum absolute atomic E-state index is 0.0105. The molecule has 3 rings (SSSR count). The number of halogens is 6. The lowest BCUT2D eigenvalue weighted by molar-refractivity contribution is 0.0487. The van der Waals surface area contributed by atoms with Crippen molar-refractivity contribution in [2.24, 2.45) is 0 Å². The summed E-state index contributed by atoms with van der Waals surface area (Å²) in [6.45, 7) is 0.822. The number of carbonyl (C=O) groups excluding carboxylic acids is 1. The van der Waals surface area contributed by atoms with E-state index in [1.165, 1.54) is 0 Å². The minimum Gasteiger partial charge on any atom is -0.381 e. The smallest absolute Gasteiger partial charge is 0.254 e. The van der Waals surface area contributed by atoms with Crippen molar-refractivity contribution in [3.8, 4) is 0 Å². The van der Waals surface area contributed by atoms with Crippen molar-refractivity contribution in [3.05, 3.63) is 68.7 Å². The molecule has 0 atom stereocenters. The predicted molar refractivity (Wildman–Crippen MR) is 96.8 cm³/mol. The van der Waals surface area contributed by atoms with Crippen LogP contribution in [0.25, 0.3) is 0 Å². The van der Waals surface area contributed by atoms with E-state index in [4.69, 9.17) is 27.9 Å². The maximum atomic E-state index is 13.9. The van der Waals surface area contributed by atoms with Gasteiger partial charge in [0.15, 0.2) is 23.3 Å². The topological polar surface area (TPSA) is 38.3 Å². The fourth-order valence-corrected chi connectivity index (χ4v) is 3.91. The maximum absolute atomic E-state index is 13.9. The second-order valence-corrected chi connectivity index (χ2v) is 7.39. The molecule has 1 saturated heterocycles. The summed E-state index contributed by atoms with van der Waals surface area (Å²) in [5.41, 5.74) is -0.830. The standard InChI is InChI=1S/C19H15Cl2F4NO2/c20-10-1-2-12(13(21)7-10)19(3-5-28-6-4-19)9-26-18(27)11-8-14(22)16(24)17(25)15(11)23/h1-2,7-8H,3-6,9H2,(H,26,27). The Bertz CT molecular complexity index is 917. The summed E-state index contributed by atoms with van der Waals surface area (Å²) in [6.07, 6.45) is 1.01. The number of hydrogen-bond donors (Lipinski definition) is 1. The Labute approximate surface area is 168 Å². The Kier molecular flexibility index (Phi) is 6.17. The predicted octanol–water partition coefficient (Wildman–Crippen LogP) is 5.03. The van der Waals surface area contributed by atoms with Crippen LogP contribution in [-0.2, 0) is 10.2 Å². The molecule has 150 valence electrons. The molecule has 1 heterocycles. The summed E-state index contributed by atoms with van der Waals surface area (Å²) in [7, 11) is 0. The van der Waals surface area contributed by atoms with Gasteiger partial charge < -0.3 is 10.1 Å². The first-order valence-corrected chi connectivity index (χ1v) is 9.15. The van der Waals surface area contributed by atoms with Crippen LogP contribution in [0.4, 0.5) is 17.6 Å². The third kappa shape index (κ3) is 3.97. The molecule has 2 aromatic rings. The molecule has 0 spiro atoms. The number of ether oxygens (including phenoxy) is 1. The number of hydrogen-bond acceptors (Lipinski definition) is 2. The molecule has 1 aliphatic rings. The fourth-order valence-electron chi connectivity index (χ4n) is 3.31. The molecule has 1 N–H and O–H groups in total. The van der Waals surface area contributed by atoms with E-state index in [0.29, 0.717) is 42.2 Å². The lowest BCUT2D eigenvalue weighted by atomic mass is 9.74. The van der Waals surface area contributed by atoms with Crippen LogP contribution in [0.2, 0.25) is 10.0 Å². The Morgan fingerprint density at radius 3 is 2.36 bits per heavy atom. The van der Waals surface area contributed by atoms with Gasteiger partial charge in [0.25, 0.3) is 5.91 Å². The minimum atomic E-state index is -2.04. The van der Waals surface area contributed by atoms with Gasteiger partial charge in [-0.15, -0.1) is 0 Å². The average molecular weight is 436 g/mol. The molecule has 0 aliphatic carbocycles. The highest BCUT2D eigenvalue weighted by atomic mass is 35.5. The second kappa shape index (κ2) is 8.27. The molecule has 1 fully saturated rings. The molecular weight excluding hydrogens is 421 g/mol. The van der Waals surface area contributed by atoms with Crippen LogP contribution in [0.1, 0.15) is 28.8 Å². The summed E-state index contributed by atoms with van der Waals surface area (Å²) in [6, 6.07) is 5.29. The van der Waals surface area contributed by atoms with E-state index < -0.39 is 40.2 Å². The first-order chi connectivity index (χ1) is 13.2. The molecule has 1 aliphatic heterocycles. The molecule has 28 heavy (non-hydrogen) atoms. The molecule has 1 amide bonds. The van der Waals surface area contributed by atoms with Crippen molar-refractivity contribution < 1.29 is 27.1 Å². The summed E-state index contributed by atoms with van der Waals surface area (Å²) < 4.78 is 59.2. The zero-order chi connectivity index (χ0) is 20.5. The van der Waals surface area contributed by atoms with Crippen molar-refractivity contribution >= 4 is 29.1 Å². The SMILES string of the molecule is O=C(NCC1(c2ccc(Cl)cc2Cl)CCOCC1)c1cc(F)c(F)c(F)c1F. The fraction of sp³-hybridized carbons (Fsp3) is 0.316. The third-order valence-corrected chi connectivity index (χ3v) is 5.43. The van der Waals surface area contributed by atoms with Crippen LogP contribution in [0.5, 0.6) is 0 Å². The first-order valence-electron chi connectivity index (χ1n) is 8.39. The molecule has 0 saturated carbocycles. The molecule has 0 bridgehead atoms. The Morgan fingerprint density at radius 2 is 1.71 bits per heavy atom. The van der Waals surface area contributed by atoms with Crippen molar-refractivity contribution in [1.29, 1.82) is 0 Å². The lowest BCUT2D eigenvalue weighted by Crippen LogP contribution is -2.45. The molecule has 3 nitrogen and oxygen atoms in total. The Balaban J connectivity index is 1.88. The molecule has 0 radical (unpaired) electrons. The molecule has 0 unspecified atom stereocenters. The van der Waals surface area contributed by atoms with Crippen molar-refractivity contribution in [1.82, 2.24) is 5.32 Å². The summed E-state index contributed by atoms with van der Waals surface area (Å²) >= 11 is 12.3. The zero-order valence-corrected chi connectivity index (χ0v) is 15.9. The number of rotatable bonds is 4. The monoisotopic (exact) mass is 435 g/mol. The number of nitrogens with one attached hydrogen (secondary N) is 1. The largest absolute Gasteiger partial charge is 0.381 e. The van der Waals surface area contributed by atoms with Crippen molar-refractivity contribution in [3.63, 3.8) is 0 Å². The number of amides is 1. The van der Waals surface area contributed by atoms with Crippen molar-refractivity contribution in [2.45, 2.75) is 18.3 Å². The molecule has 2 aromatic carbocycles. The van der Waals surface area contributed by atoms with Gasteiger partial charge in [-0.1, -0.05) is 29.3 Å². The highest BCUT2D eigenvalue weighted by Crippen LogP contribution is 2.39. The first kappa shape index (κ1) is 20.9. The van der Waals surface area contributed by atoms with Crippen LogP contribution in [0.3, 0.4) is 0 Å². The van der Waals surface area contributed by atoms with Gasteiger partial charge >= 0.3 is 0 Å². The van der Waals surface area contributed by atoms with Gasteiger partial charge in [-0.3, -0.25) is 4.79 Å². The van der Waals surface area contributed by atoms with Gasteiger partial charge in [0, 0.05) is 35.2 Å². The van der Waals surface area contributed by atoms with E-state index in [1.54, 1.807) is 18.2 Å². The van der Waals surface area contributed by atoms with Gasteiger partial charge in [0.05, 0.1) is 5.56 Å². The van der Waals surface area contributed by atoms with Crippen molar-refractivity contribution in [2.75, 3.05) is 19.8 Å². The van der Waals surface area contributed by atoms with Gasteiger partial charge in [0.1, 0.15) is 0 Å². The Hall–Kier alpha value is -1.83. The van der Waals surface area contributed by atoms with Crippen LogP contribution in [0, 0.1) is 23.3 Å². The van der Waals surface area contributed by atoms with Crippen LogP contribution < -0.4 is 5.32 Å². The normalized spacial score (nSPS) is 16.1. The Morgan fingerprint density at radius 1 is 1.04 bits per heavy atom. The van der Waals surface area contributed by atoms with Gasteiger partial charge in [-0.05, 0) is 36.6 Å². The van der Waals surface area contributed by atoms with Gasteiger partial charge in [-0.2, -0.15) is 0 Å². The highest BCUT2D eigenvalue weighted by molar-refractivity contribution is 6.35.